The molecule has 2 aromatic carbocycles. The molecule has 0 spiro atoms. The van der Waals surface area contributed by atoms with Crippen LogP contribution in [0.1, 0.15) is 31.4 Å². The van der Waals surface area contributed by atoms with E-state index in [-0.39, 0.29) is 29.2 Å². The zero-order valence-electron chi connectivity index (χ0n) is 16.9. The summed E-state index contributed by atoms with van der Waals surface area (Å²) in [6, 6.07) is 10.1. The van der Waals surface area contributed by atoms with Crippen LogP contribution >= 0.6 is 0 Å². The monoisotopic (exact) mass is 432 g/mol. The van der Waals surface area contributed by atoms with Crippen LogP contribution < -0.4 is 14.2 Å². The summed E-state index contributed by atoms with van der Waals surface area (Å²) in [6.07, 6.45) is 1.37. The van der Waals surface area contributed by atoms with Gasteiger partial charge in [-0.15, -0.1) is 0 Å². The average molecular weight is 432 g/mol. The van der Waals surface area contributed by atoms with Crippen LogP contribution in [-0.2, 0) is 21.2 Å². The molecule has 160 valence electrons. The van der Waals surface area contributed by atoms with Gasteiger partial charge in [-0.3, -0.25) is 0 Å². The van der Waals surface area contributed by atoms with Gasteiger partial charge in [0.1, 0.15) is 12.4 Å². The van der Waals surface area contributed by atoms with Gasteiger partial charge >= 0.3 is 5.97 Å². The van der Waals surface area contributed by atoms with Gasteiger partial charge in [-0.25, -0.2) is 13.2 Å². The van der Waals surface area contributed by atoms with Gasteiger partial charge in [-0.1, -0.05) is 6.07 Å². The molecule has 2 aromatic rings. The van der Waals surface area contributed by atoms with Crippen molar-refractivity contribution in [3.8, 4) is 17.2 Å². The van der Waals surface area contributed by atoms with Crippen LogP contribution in [0, 0.1) is 0 Å². The molecule has 0 bridgehead atoms. The second-order valence-corrected chi connectivity index (χ2v) is 8.76. The molecule has 0 radical (unpaired) electrons. The van der Waals surface area contributed by atoms with E-state index >= 15 is 0 Å². The Labute approximate surface area is 175 Å². The Morgan fingerprint density at radius 3 is 2.43 bits per heavy atom. The molecule has 1 heterocycles. The molecule has 7 nitrogen and oxygen atoms in total. The van der Waals surface area contributed by atoms with Crippen molar-refractivity contribution >= 4 is 21.9 Å². The van der Waals surface area contributed by atoms with Gasteiger partial charge in [0, 0.05) is 5.57 Å². The van der Waals surface area contributed by atoms with Crippen LogP contribution in [-0.4, -0.2) is 38.5 Å². The van der Waals surface area contributed by atoms with Crippen LogP contribution in [0.4, 0.5) is 0 Å². The van der Waals surface area contributed by atoms with Crippen molar-refractivity contribution in [1.29, 1.82) is 0 Å². The van der Waals surface area contributed by atoms with Gasteiger partial charge in [0.05, 0.1) is 23.9 Å². The van der Waals surface area contributed by atoms with Crippen LogP contribution in [0.2, 0.25) is 0 Å². The number of benzene rings is 2. The number of sulfone groups is 1. The van der Waals surface area contributed by atoms with Crippen molar-refractivity contribution < 1.29 is 32.5 Å². The van der Waals surface area contributed by atoms with Gasteiger partial charge in [0.2, 0.25) is 0 Å². The molecule has 3 rings (SSSR count). The predicted octanol–water partition coefficient (Wildman–Crippen LogP) is 3.71. The molecule has 1 aliphatic heterocycles. The summed E-state index contributed by atoms with van der Waals surface area (Å²) < 4.78 is 41.9. The number of fused-ring (bicyclic) bond motifs is 1. The zero-order chi connectivity index (χ0) is 21.7. The maximum atomic E-state index is 12.4. The van der Waals surface area contributed by atoms with Crippen molar-refractivity contribution in [3.63, 3.8) is 0 Å². The number of carboxylic acids is 1. The van der Waals surface area contributed by atoms with Crippen molar-refractivity contribution in [2.75, 3.05) is 19.0 Å². The van der Waals surface area contributed by atoms with Gasteiger partial charge < -0.3 is 19.3 Å². The highest BCUT2D eigenvalue weighted by atomic mass is 32.2. The maximum Gasteiger partial charge on any atom is 0.331 e. The van der Waals surface area contributed by atoms with E-state index in [1.54, 1.807) is 12.1 Å². The minimum atomic E-state index is -3.55. The van der Waals surface area contributed by atoms with Gasteiger partial charge in [0.25, 0.3) is 0 Å². The Bertz CT molecular complexity index is 1070. The normalized spacial score (nSPS) is 14.8. The first kappa shape index (κ1) is 21.7. The highest BCUT2D eigenvalue weighted by Crippen LogP contribution is 2.31. The Balaban J connectivity index is 1.84. The maximum absolute atomic E-state index is 12.4. The second kappa shape index (κ2) is 9.21. The molecule has 0 fully saturated rings. The standard InChI is InChI=1S/C22H24O7S/c1-3-27-19-7-5-15(11-20(19)28-4-2)14-29-18-6-8-21-17(13-18)12-16(22(23)24)9-10-30(21,25)26/h5-8,11-13H,3-4,9-10,14H2,1-2H3,(H,23,24). The topological polar surface area (TPSA) is 99.1 Å². The Morgan fingerprint density at radius 2 is 1.73 bits per heavy atom. The summed E-state index contributed by atoms with van der Waals surface area (Å²) in [7, 11) is -3.55. The molecular weight excluding hydrogens is 408 g/mol. The van der Waals surface area contributed by atoms with E-state index in [1.165, 1.54) is 12.1 Å². The van der Waals surface area contributed by atoms with E-state index in [4.69, 9.17) is 14.2 Å². The van der Waals surface area contributed by atoms with Crippen molar-refractivity contribution in [2.24, 2.45) is 0 Å². The smallest absolute Gasteiger partial charge is 0.331 e. The lowest BCUT2D eigenvalue weighted by Gasteiger charge is -2.13. The number of carbonyl (C=O) groups is 1. The number of carboxylic acid groups (broad SMARTS) is 1. The second-order valence-electron chi connectivity index (χ2n) is 6.68. The van der Waals surface area contributed by atoms with Crippen LogP contribution in [0.3, 0.4) is 0 Å². The minimum absolute atomic E-state index is 0.0328. The molecule has 0 unspecified atom stereocenters. The van der Waals surface area contributed by atoms with Gasteiger partial charge in [-0.2, -0.15) is 0 Å². The summed E-state index contributed by atoms with van der Waals surface area (Å²) in [5.41, 5.74) is 1.23. The van der Waals surface area contributed by atoms with E-state index in [1.807, 2.05) is 32.0 Å². The van der Waals surface area contributed by atoms with Crippen LogP contribution in [0.25, 0.3) is 6.08 Å². The zero-order valence-corrected chi connectivity index (χ0v) is 17.7. The molecule has 0 amide bonds. The summed E-state index contributed by atoms with van der Waals surface area (Å²) in [5, 5.41) is 9.29. The molecule has 1 N–H and O–H groups in total. The average Bonchev–Trinajstić information content (AvgIpc) is 2.84. The predicted molar refractivity (Wildman–Crippen MR) is 112 cm³/mol. The molecule has 30 heavy (non-hydrogen) atoms. The molecule has 0 saturated heterocycles. The first-order valence-corrected chi connectivity index (χ1v) is 11.3. The van der Waals surface area contributed by atoms with E-state index in [9.17, 15) is 18.3 Å². The summed E-state index contributed by atoms with van der Waals surface area (Å²) in [4.78, 5) is 11.5. The SMILES string of the molecule is CCOc1ccc(COc2ccc3c(c2)C=C(C(=O)O)CCS3(=O)=O)cc1OCC. The number of hydrogen-bond donors (Lipinski definition) is 1. The highest BCUT2D eigenvalue weighted by Gasteiger charge is 2.24. The Kier molecular flexibility index (Phi) is 6.66. The van der Waals surface area contributed by atoms with E-state index in [2.05, 4.69) is 0 Å². The Morgan fingerprint density at radius 1 is 1.00 bits per heavy atom. The molecule has 0 aliphatic carbocycles. The van der Waals surface area contributed by atoms with Gasteiger partial charge in [-0.05, 0) is 67.8 Å². The van der Waals surface area contributed by atoms with Crippen molar-refractivity contribution in [3.05, 3.63) is 53.1 Å². The number of hydrogen-bond acceptors (Lipinski definition) is 6. The summed E-state index contributed by atoms with van der Waals surface area (Å²) in [5.74, 6) is 0.373. The van der Waals surface area contributed by atoms with E-state index < -0.39 is 15.8 Å². The fourth-order valence-electron chi connectivity index (χ4n) is 3.15. The Hall–Kier alpha value is -3.00. The first-order chi connectivity index (χ1) is 14.3. The van der Waals surface area contributed by atoms with Crippen LogP contribution in [0.15, 0.2) is 46.9 Å². The quantitative estimate of drug-likeness (QED) is 0.679. The van der Waals surface area contributed by atoms with Crippen molar-refractivity contribution in [2.45, 2.75) is 31.8 Å². The molecule has 0 atom stereocenters. The summed E-state index contributed by atoms with van der Waals surface area (Å²) in [6.45, 7) is 5.05. The third kappa shape index (κ3) is 4.94. The highest BCUT2D eigenvalue weighted by molar-refractivity contribution is 7.91. The van der Waals surface area contributed by atoms with Crippen molar-refractivity contribution in [1.82, 2.24) is 0 Å². The van der Waals surface area contributed by atoms with E-state index in [0.717, 1.165) is 5.56 Å². The number of aliphatic carboxylic acids is 1. The summed E-state index contributed by atoms with van der Waals surface area (Å²) >= 11 is 0. The largest absolute Gasteiger partial charge is 0.490 e. The lowest BCUT2D eigenvalue weighted by atomic mass is 10.1. The first-order valence-electron chi connectivity index (χ1n) is 9.66. The van der Waals surface area contributed by atoms with Crippen LogP contribution in [0.5, 0.6) is 17.2 Å². The van der Waals surface area contributed by atoms with Gasteiger partial charge in [0.15, 0.2) is 21.3 Å². The molecule has 8 heteroatoms. The minimum Gasteiger partial charge on any atom is -0.490 e. The number of rotatable bonds is 8. The molecule has 1 aliphatic rings. The molecular formula is C22H24O7S. The molecule has 0 aromatic heterocycles. The third-order valence-electron chi connectivity index (χ3n) is 4.57. The molecule has 0 saturated carbocycles. The lowest BCUT2D eigenvalue weighted by Crippen LogP contribution is -2.08. The number of ether oxygens (including phenoxy) is 3. The third-order valence-corrected chi connectivity index (χ3v) is 6.36. The fraction of sp³-hybridized carbons (Fsp3) is 0.318. The fourth-order valence-corrected chi connectivity index (χ4v) is 4.61. The van der Waals surface area contributed by atoms with E-state index in [0.29, 0.717) is 36.0 Å². The lowest BCUT2D eigenvalue weighted by molar-refractivity contribution is -0.132.